The zero-order valence-corrected chi connectivity index (χ0v) is 16.9. The van der Waals surface area contributed by atoms with E-state index in [1.165, 1.54) is 12.1 Å². The van der Waals surface area contributed by atoms with Crippen LogP contribution in [0.4, 0.5) is 18.0 Å². The number of alkyl halides is 3. The van der Waals surface area contributed by atoms with E-state index in [0.29, 0.717) is 38.6 Å². The highest BCUT2D eigenvalue weighted by Gasteiger charge is 2.31. The Labute approximate surface area is 176 Å². The number of nitrogens with zero attached hydrogens (tertiary/aromatic N) is 4. The van der Waals surface area contributed by atoms with Crippen LogP contribution >= 0.6 is 0 Å². The van der Waals surface area contributed by atoms with E-state index in [1.807, 2.05) is 12.2 Å². The number of urea groups is 1. The Morgan fingerprint density at radius 2 is 1.97 bits per heavy atom. The zero-order chi connectivity index (χ0) is 22.6. The number of carbonyl (C=O) groups excluding carboxylic acids is 2. The predicted octanol–water partition coefficient (Wildman–Crippen LogP) is 2.02. The minimum atomic E-state index is -4.45. The van der Waals surface area contributed by atoms with Gasteiger partial charge >= 0.3 is 12.2 Å². The summed E-state index contributed by atoms with van der Waals surface area (Å²) in [5, 5.41) is 5.87. The molecule has 0 bridgehead atoms. The molecule has 1 aliphatic heterocycles. The molecule has 1 aliphatic rings. The highest BCUT2D eigenvalue weighted by Crippen LogP contribution is 2.32. The Kier molecular flexibility index (Phi) is 6.91. The summed E-state index contributed by atoms with van der Waals surface area (Å²) in [6, 6.07) is 3.71. The quantitative estimate of drug-likeness (QED) is 0.706. The van der Waals surface area contributed by atoms with E-state index in [9.17, 15) is 22.8 Å². The number of aromatic nitrogens is 2. The van der Waals surface area contributed by atoms with Gasteiger partial charge in [-0.15, -0.1) is 0 Å². The lowest BCUT2D eigenvalue weighted by Crippen LogP contribution is -2.48. The molecule has 1 fully saturated rings. The molecule has 1 atom stereocenters. The molecule has 0 radical (unpaired) electrons. The van der Waals surface area contributed by atoms with E-state index < -0.39 is 23.7 Å². The van der Waals surface area contributed by atoms with Crippen LogP contribution in [0.25, 0.3) is 11.4 Å². The molecule has 0 spiro atoms. The molecule has 1 unspecified atom stereocenters. The van der Waals surface area contributed by atoms with Gasteiger partial charge in [0.25, 0.3) is 0 Å². The van der Waals surface area contributed by atoms with Crippen LogP contribution in [0, 0.1) is 0 Å². The average molecular weight is 440 g/mol. The molecule has 2 heterocycles. The van der Waals surface area contributed by atoms with Crippen LogP contribution in [-0.2, 0) is 11.0 Å². The molecule has 1 saturated heterocycles. The van der Waals surface area contributed by atoms with Gasteiger partial charge in [-0.25, -0.2) is 4.79 Å². The largest absolute Gasteiger partial charge is 0.416 e. The predicted molar refractivity (Wildman–Crippen MR) is 104 cm³/mol. The lowest BCUT2D eigenvalue weighted by molar-refractivity contribution is -0.137. The van der Waals surface area contributed by atoms with Gasteiger partial charge in [-0.1, -0.05) is 17.3 Å². The van der Waals surface area contributed by atoms with E-state index in [4.69, 9.17) is 10.3 Å². The first-order chi connectivity index (χ1) is 14.6. The van der Waals surface area contributed by atoms with E-state index in [-0.39, 0.29) is 23.9 Å². The molecule has 0 aliphatic carbocycles. The minimum Gasteiger partial charge on any atom is -0.351 e. The molecule has 0 saturated carbocycles. The number of nitrogens with two attached hydrogens (primary N) is 1. The van der Waals surface area contributed by atoms with Gasteiger partial charge in [-0.05, 0) is 19.1 Å². The smallest absolute Gasteiger partial charge is 0.351 e. The van der Waals surface area contributed by atoms with Crippen molar-refractivity contribution in [1.82, 2.24) is 25.3 Å². The number of halogens is 3. The zero-order valence-electron chi connectivity index (χ0n) is 16.9. The SMILES string of the molecule is CC(c1nc(-c2cccc(C(F)(F)F)c2)no1)N1CCN(CCC(=O)NC(N)=O)CC1. The van der Waals surface area contributed by atoms with Crippen LogP contribution in [0.5, 0.6) is 0 Å². The first-order valence-electron chi connectivity index (χ1n) is 9.70. The summed E-state index contributed by atoms with van der Waals surface area (Å²) in [5.41, 5.74) is 4.37. The molecule has 3 amide bonds. The van der Waals surface area contributed by atoms with Crippen molar-refractivity contribution in [2.24, 2.45) is 5.73 Å². The Morgan fingerprint density at radius 1 is 1.26 bits per heavy atom. The number of hydrogen-bond acceptors (Lipinski definition) is 7. The summed E-state index contributed by atoms with van der Waals surface area (Å²) in [4.78, 5) is 30.7. The number of benzene rings is 1. The molecule has 2 aromatic rings. The first-order valence-corrected chi connectivity index (χ1v) is 9.70. The topological polar surface area (TPSA) is 118 Å². The van der Waals surface area contributed by atoms with E-state index >= 15 is 0 Å². The number of carbonyl (C=O) groups is 2. The molecule has 31 heavy (non-hydrogen) atoms. The Hall–Kier alpha value is -2.99. The second-order valence-electron chi connectivity index (χ2n) is 7.25. The van der Waals surface area contributed by atoms with Crippen LogP contribution in [0.1, 0.15) is 30.8 Å². The lowest BCUT2D eigenvalue weighted by Gasteiger charge is -2.36. The number of nitrogens with one attached hydrogen (secondary N) is 1. The first kappa shape index (κ1) is 22.7. The summed E-state index contributed by atoms with van der Waals surface area (Å²) in [5.74, 6) is 0.00465. The monoisotopic (exact) mass is 440 g/mol. The Morgan fingerprint density at radius 3 is 2.61 bits per heavy atom. The number of piperazine rings is 1. The molecule has 3 N–H and O–H groups in total. The molecule has 12 heteroatoms. The maximum Gasteiger partial charge on any atom is 0.416 e. The second kappa shape index (κ2) is 9.43. The van der Waals surface area contributed by atoms with Crippen LogP contribution in [0.3, 0.4) is 0 Å². The minimum absolute atomic E-state index is 0.104. The summed E-state index contributed by atoms with van der Waals surface area (Å²) < 4.78 is 44.1. The van der Waals surface area contributed by atoms with Gasteiger partial charge in [-0.2, -0.15) is 18.2 Å². The van der Waals surface area contributed by atoms with E-state index in [1.54, 1.807) is 0 Å². The van der Waals surface area contributed by atoms with Crippen molar-refractivity contribution in [1.29, 1.82) is 0 Å². The van der Waals surface area contributed by atoms with Gasteiger partial charge < -0.3 is 15.2 Å². The van der Waals surface area contributed by atoms with Gasteiger partial charge in [0.1, 0.15) is 0 Å². The lowest BCUT2D eigenvalue weighted by atomic mass is 10.1. The number of imide groups is 1. The highest BCUT2D eigenvalue weighted by molar-refractivity contribution is 5.93. The van der Waals surface area contributed by atoms with Crippen molar-refractivity contribution >= 4 is 11.9 Å². The fourth-order valence-corrected chi connectivity index (χ4v) is 3.35. The standard InChI is InChI=1S/C19H23F3N6O3/c1-12(28-9-7-27(8-10-28)6-5-15(29)24-18(23)30)17-25-16(26-31-17)13-3-2-4-14(11-13)19(20,21)22/h2-4,11-12H,5-10H2,1H3,(H3,23,24,29,30). The van der Waals surface area contributed by atoms with Gasteiger partial charge in [0.15, 0.2) is 0 Å². The highest BCUT2D eigenvalue weighted by atomic mass is 19.4. The van der Waals surface area contributed by atoms with Crippen LogP contribution in [-0.4, -0.2) is 64.6 Å². The summed E-state index contributed by atoms with van der Waals surface area (Å²) >= 11 is 0. The second-order valence-corrected chi connectivity index (χ2v) is 7.25. The van der Waals surface area contributed by atoms with Crippen molar-refractivity contribution in [3.05, 3.63) is 35.7 Å². The summed E-state index contributed by atoms with van der Waals surface area (Å²) in [7, 11) is 0. The molecular formula is C19H23F3N6O3. The van der Waals surface area contributed by atoms with Crippen molar-refractivity contribution in [3.8, 4) is 11.4 Å². The number of primary amides is 1. The fourth-order valence-electron chi connectivity index (χ4n) is 3.35. The van der Waals surface area contributed by atoms with Crippen molar-refractivity contribution in [2.75, 3.05) is 32.7 Å². The Balaban J connectivity index is 1.55. The number of amides is 3. The average Bonchev–Trinajstić information content (AvgIpc) is 3.21. The molecule has 1 aromatic heterocycles. The maximum atomic E-state index is 12.9. The number of rotatable bonds is 6. The third-order valence-corrected chi connectivity index (χ3v) is 5.12. The van der Waals surface area contributed by atoms with Crippen molar-refractivity contribution in [2.45, 2.75) is 25.6 Å². The van der Waals surface area contributed by atoms with Gasteiger partial charge in [0.2, 0.25) is 17.6 Å². The maximum absolute atomic E-state index is 12.9. The van der Waals surface area contributed by atoms with Crippen LogP contribution < -0.4 is 11.1 Å². The van der Waals surface area contributed by atoms with E-state index in [0.717, 1.165) is 12.1 Å². The fraction of sp³-hybridized carbons (Fsp3) is 0.474. The van der Waals surface area contributed by atoms with Crippen molar-refractivity contribution in [3.63, 3.8) is 0 Å². The van der Waals surface area contributed by atoms with Gasteiger partial charge in [0.05, 0.1) is 11.6 Å². The van der Waals surface area contributed by atoms with E-state index in [2.05, 4.69) is 19.9 Å². The molecule has 168 valence electrons. The van der Waals surface area contributed by atoms with Gasteiger partial charge in [0, 0.05) is 44.7 Å². The van der Waals surface area contributed by atoms with Crippen LogP contribution in [0.15, 0.2) is 28.8 Å². The normalized spacial score (nSPS) is 16.8. The van der Waals surface area contributed by atoms with Crippen LogP contribution in [0.2, 0.25) is 0 Å². The van der Waals surface area contributed by atoms with Gasteiger partial charge in [-0.3, -0.25) is 15.0 Å². The third kappa shape index (κ3) is 6.01. The third-order valence-electron chi connectivity index (χ3n) is 5.12. The molecule has 1 aromatic carbocycles. The summed E-state index contributed by atoms with van der Waals surface area (Å²) in [6.45, 7) is 5.15. The molecular weight excluding hydrogens is 417 g/mol. The molecule has 3 rings (SSSR count). The Bertz CT molecular complexity index is 925. The molecule has 9 nitrogen and oxygen atoms in total. The summed E-state index contributed by atoms with van der Waals surface area (Å²) in [6.07, 6.45) is -4.28. The van der Waals surface area contributed by atoms with Crippen molar-refractivity contribution < 1.29 is 27.3 Å². The number of hydrogen-bond donors (Lipinski definition) is 2.